The first-order valence-corrected chi connectivity index (χ1v) is 8.24. The number of aromatic nitrogens is 3. The molecule has 0 bridgehead atoms. The van der Waals surface area contributed by atoms with Crippen LogP contribution in [0.15, 0.2) is 47.0 Å². The van der Waals surface area contributed by atoms with Crippen molar-refractivity contribution in [3.05, 3.63) is 59.5 Å². The lowest BCUT2D eigenvalue weighted by atomic mass is 9.97. The molecule has 3 heterocycles. The van der Waals surface area contributed by atoms with E-state index in [1.165, 1.54) is 5.56 Å². The van der Waals surface area contributed by atoms with Crippen LogP contribution in [0.4, 0.5) is 5.95 Å². The van der Waals surface area contributed by atoms with Crippen LogP contribution in [0.2, 0.25) is 0 Å². The van der Waals surface area contributed by atoms with Gasteiger partial charge in [-0.25, -0.2) is 4.98 Å². The van der Waals surface area contributed by atoms with E-state index in [1.54, 1.807) is 6.20 Å². The van der Waals surface area contributed by atoms with Crippen molar-refractivity contribution in [2.75, 3.05) is 18.0 Å². The average molecular weight is 331 g/mol. The Balaban J connectivity index is 1.55. The van der Waals surface area contributed by atoms with Gasteiger partial charge >= 0.3 is 0 Å². The predicted octanol–water partition coefficient (Wildman–Crippen LogP) is 3.31. The largest absolute Gasteiger partial charge is 0.460 e. The molecule has 0 radical (unpaired) electrons. The summed E-state index contributed by atoms with van der Waals surface area (Å²) in [5, 5.41) is 17.3. The molecule has 1 aromatic carbocycles. The zero-order chi connectivity index (χ0) is 17.2. The third-order valence-corrected chi connectivity index (χ3v) is 4.50. The highest BCUT2D eigenvalue weighted by Gasteiger charge is 2.26. The molecule has 0 aliphatic carbocycles. The lowest BCUT2D eigenvalue weighted by molar-refractivity contribution is 0.545. The van der Waals surface area contributed by atoms with Crippen LogP contribution >= 0.6 is 0 Å². The molecular formula is C19H17N5O. The first kappa shape index (κ1) is 15.3. The maximum Gasteiger partial charge on any atom is 0.246 e. The highest BCUT2D eigenvalue weighted by Crippen LogP contribution is 2.30. The summed E-state index contributed by atoms with van der Waals surface area (Å²) in [6.07, 6.45) is 2.62. The third kappa shape index (κ3) is 3.09. The van der Waals surface area contributed by atoms with E-state index in [1.807, 2.05) is 37.3 Å². The van der Waals surface area contributed by atoms with Crippen LogP contribution in [0.1, 0.15) is 29.2 Å². The van der Waals surface area contributed by atoms with Gasteiger partial charge in [0.05, 0.1) is 17.8 Å². The lowest BCUT2D eigenvalue weighted by Gasteiger charge is -2.16. The predicted molar refractivity (Wildman–Crippen MR) is 93.0 cm³/mol. The second kappa shape index (κ2) is 6.36. The van der Waals surface area contributed by atoms with Crippen LogP contribution in [-0.2, 0) is 0 Å². The van der Waals surface area contributed by atoms with Crippen molar-refractivity contribution in [3.8, 4) is 17.5 Å². The summed E-state index contributed by atoms with van der Waals surface area (Å²) in [5.41, 5.74) is 2.57. The van der Waals surface area contributed by atoms with Crippen LogP contribution < -0.4 is 4.90 Å². The van der Waals surface area contributed by atoms with Crippen LogP contribution in [-0.4, -0.2) is 28.3 Å². The van der Waals surface area contributed by atoms with Crippen molar-refractivity contribution in [1.82, 2.24) is 15.2 Å². The summed E-state index contributed by atoms with van der Waals surface area (Å²) < 4.78 is 5.62. The molecule has 1 aliphatic heterocycles. The SMILES string of the molecule is Cc1ccc(-c2cnnc(N3CCC(c4cccc(C#N)c4)C3)n2)o1. The molecule has 1 atom stereocenters. The summed E-state index contributed by atoms with van der Waals surface area (Å²) in [4.78, 5) is 6.74. The van der Waals surface area contributed by atoms with Gasteiger partial charge in [-0.2, -0.15) is 10.4 Å². The molecule has 6 heteroatoms. The number of hydrogen-bond acceptors (Lipinski definition) is 6. The van der Waals surface area contributed by atoms with Crippen LogP contribution in [0.5, 0.6) is 0 Å². The van der Waals surface area contributed by atoms with Gasteiger partial charge in [0.15, 0.2) is 5.76 Å². The summed E-state index contributed by atoms with van der Waals surface area (Å²) >= 11 is 0. The van der Waals surface area contributed by atoms with E-state index in [0.717, 1.165) is 25.3 Å². The number of hydrogen-bond donors (Lipinski definition) is 0. The van der Waals surface area contributed by atoms with Gasteiger partial charge < -0.3 is 9.32 Å². The van der Waals surface area contributed by atoms with Crippen LogP contribution in [0, 0.1) is 18.3 Å². The Labute approximate surface area is 145 Å². The minimum Gasteiger partial charge on any atom is -0.460 e. The molecular weight excluding hydrogens is 314 g/mol. The van der Waals surface area contributed by atoms with E-state index in [2.05, 4.69) is 32.2 Å². The summed E-state index contributed by atoms with van der Waals surface area (Å²) in [5.74, 6) is 2.52. The Kier molecular flexibility index (Phi) is 3.90. The van der Waals surface area contributed by atoms with Crippen molar-refractivity contribution >= 4 is 5.95 Å². The second-order valence-electron chi connectivity index (χ2n) is 6.22. The molecule has 2 aromatic heterocycles. The number of anilines is 1. The second-order valence-corrected chi connectivity index (χ2v) is 6.22. The molecule has 1 unspecified atom stereocenters. The van der Waals surface area contributed by atoms with Crippen molar-refractivity contribution in [2.45, 2.75) is 19.3 Å². The van der Waals surface area contributed by atoms with Crippen LogP contribution in [0.25, 0.3) is 11.5 Å². The van der Waals surface area contributed by atoms with E-state index < -0.39 is 0 Å². The standard InChI is InChI=1S/C19H17N5O/c1-13-5-6-18(25-13)17-11-21-23-19(22-17)24-8-7-16(12-24)15-4-2-3-14(9-15)10-20/h2-6,9,11,16H,7-8,12H2,1H3. The molecule has 0 amide bonds. The number of rotatable bonds is 3. The van der Waals surface area contributed by atoms with Crippen molar-refractivity contribution in [3.63, 3.8) is 0 Å². The van der Waals surface area contributed by atoms with Gasteiger partial charge in [-0.3, -0.25) is 0 Å². The minimum atomic E-state index is 0.367. The fraction of sp³-hybridized carbons (Fsp3) is 0.263. The minimum absolute atomic E-state index is 0.367. The molecule has 0 N–H and O–H groups in total. The molecule has 4 rings (SSSR count). The van der Waals surface area contributed by atoms with E-state index in [4.69, 9.17) is 9.68 Å². The highest BCUT2D eigenvalue weighted by molar-refractivity contribution is 5.53. The Bertz CT molecular complexity index is 943. The zero-order valence-corrected chi connectivity index (χ0v) is 13.9. The molecule has 3 aromatic rings. The smallest absolute Gasteiger partial charge is 0.246 e. The number of furan rings is 1. The number of nitrogens with zero attached hydrogens (tertiary/aromatic N) is 5. The third-order valence-electron chi connectivity index (χ3n) is 4.50. The molecule has 124 valence electrons. The van der Waals surface area contributed by atoms with Gasteiger partial charge in [0, 0.05) is 19.0 Å². The lowest BCUT2D eigenvalue weighted by Crippen LogP contribution is -2.22. The van der Waals surface area contributed by atoms with Gasteiger partial charge in [0.1, 0.15) is 11.5 Å². The number of aryl methyl sites for hydroxylation is 1. The quantitative estimate of drug-likeness (QED) is 0.732. The van der Waals surface area contributed by atoms with Gasteiger partial charge in [-0.05, 0) is 43.2 Å². The van der Waals surface area contributed by atoms with Gasteiger partial charge in [0.2, 0.25) is 5.95 Å². The fourth-order valence-electron chi connectivity index (χ4n) is 3.20. The Hall–Kier alpha value is -3.20. The number of benzene rings is 1. The first-order chi connectivity index (χ1) is 12.2. The summed E-state index contributed by atoms with van der Waals surface area (Å²) in [6, 6.07) is 13.8. The molecule has 6 nitrogen and oxygen atoms in total. The monoisotopic (exact) mass is 331 g/mol. The molecule has 25 heavy (non-hydrogen) atoms. The van der Waals surface area contributed by atoms with E-state index in [-0.39, 0.29) is 0 Å². The van der Waals surface area contributed by atoms with Crippen molar-refractivity contribution in [1.29, 1.82) is 5.26 Å². The maximum atomic E-state index is 9.08. The molecule has 1 saturated heterocycles. The molecule has 0 saturated carbocycles. The first-order valence-electron chi connectivity index (χ1n) is 8.24. The van der Waals surface area contributed by atoms with Gasteiger partial charge in [-0.1, -0.05) is 12.1 Å². The highest BCUT2D eigenvalue weighted by atomic mass is 16.3. The fourth-order valence-corrected chi connectivity index (χ4v) is 3.20. The Morgan fingerprint density at radius 2 is 2.20 bits per heavy atom. The van der Waals surface area contributed by atoms with Gasteiger partial charge in [-0.15, -0.1) is 5.10 Å². The Morgan fingerprint density at radius 1 is 1.28 bits per heavy atom. The van der Waals surface area contributed by atoms with Crippen molar-refractivity contribution in [2.24, 2.45) is 0 Å². The van der Waals surface area contributed by atoms with E-state index in [9.17, 15) is 0 Å². The van der Waals surface area contributed by atoms with Crippen LogP contribution in [0.3, 0.4) is 0 Å². The number of nitriles is 1. The average Bonchev–Trinajstić information content (AvgIpc) is 3.31. The van der Waals surface area contributed by atoms with E-state index in [0.29, 0.717) is 28.9 Å². The topological polar surface area (TPSA) is 78.8 Å². The Morgan fingerprint density at radius 3 is 3.00 bits per heavy atom. The van der Waals surface area contributed by atoms with E-state index >= 15 is 0 Å². The molecule has 1 aliphatic rings. The van der Waals surface area contributed by atoms with Gasteiger partial charge in [0.25, 0.3) is 0 Å². The summed E-state index contributed by atoms with van der Waals surface area (Å²) in [7, 11) is 0. The zero-order valence-electron chi connectivity index (χ0n) is 13.9. The molecule has 1 fully saturated rings. The summed E-state index contributed by atoms with van der Waals surface area (Å²) in [6.45, 7) is 3.58. The normalized spacial score (nSPS) is 16.8. The maximum absolute atomic E-state index is 9.08. The van der Waals surface area contributed by atoms with Crippen molar-refractivity contribution < 1.29 is 4.42 Å². The molecule has 0 spiro atoms.